The van der Waals surface area contributed by atoms with Crippen LogP contribution in [0.5, 0.6) is 0 Å². The summed E-state index contributed by atoms with van der Waals surface area (Å²) in [6.07, 6.45) is 3.84. The van der Waals surface area contributed by atoms with Gasteiger partial charge in [-0.25, -0.2) is 0 Å². The molecule has 5 aromatic carbocycles. The van der Waals surface area contributed by atoms with Crippen LogP contribution in [-0.4, -0.2) is 23.2 Å². The van der Waals surface area contributed by atoms with E-state index in [4.69, 9.17) is 4.42 Å². The first kappa shape index (κ1) is 39.0. The molecule has 8 aromatic rings. The number of halogens is 1. The standard InChI is InChI=1S/C28H24NO.C20H19FGeN.Ir/c1-17(2)20-11-12-29-25(16-20)23-8-5-9-24-27-22(7-6-10-26(27)30-28(23)24)21-14-18(3)13-19(4)15-21;1-22(2,3)17-10-12-20(23-14-17)16-9-11-19(21)18(13-16)15-7-5-4-6-8-15;/h5-7,9-17H,1-4H3;4-8,10-14H,1-3H3;/q2*-1;. The number of aromatic nitrogens is 2. The van der Waals surface area contributed by atoms with E-state index in [0.29, 0.717) is 11.5 Å². The molecule has 0 aliphatic carbocycles. The molecule has 6 heteroatoms. The predicted octanol–water partition coefficient (Wildman–Crippen LogP) is 12.8. The van der Waals surface area contributed by atoms with Crippen LogP contribution >= 0.6 is 0 Å². The maximum Gasteiger partial charge on any atom is 0 e. The molecule has 54 heavy (non-hydrogen) atoms. The fourth-order valence-electron chi connectivity index (χ4n) is 6.75. The molecule has 3 aromatic heterocycles. The maximum absolute atomic E-state index is 14.1. The van der Waals surface area contributed by atoms with E-state index in [0.717, 1.165) is 50.0 Å². The van der Waals surface area contributed by atoms with Crippen molar-refractivity contribution >= 4 is 39.6 Å². The summed E-state index contributed by atoms with van der Waals surface area (Å²) in [5.41, 5.74) is 12.8. The molecule has 0 atom stereocenters. The number of pyridine rings is 2. The molecule has 0 unspecified atom stereocenters. The second kappa shape index (κ2) is 16.4. The Kier molecular flexibility index (Phi) is 11.8. The minimum atomic E-state index is -1.86. The number of benzene rings is 5. The third kappa shape index (κ3) is 8.34. The Morgan fingerprint density at radius 1 is 0.722 bits per heavy atom. The van der Waals surface area contributed by atoms with Gasteiger partial charge in [-0.1, -0.05) is 77.9 Å². The van der Waals surface area contributed by atoms with Crippen molar-refractivity contribution in [3.8, 4) is 44.8 Å². The van der Waals surface area contributed by atoms with Crippen molar-refractivity contribution in [3.05, 3.63) is 162 Å². The molecule has 0 aliphatic heterocycles. The summed E-state index contributed by atoms with van der Waals surface area (Å²) in [5.74, 6) is 7.20. The number of rotatable bonds is 6. The Morgan fingerprint density at radius 2 is 1.48 bits per heavy atom. The predicted molar refractivity (Wildman–Crippen MR) is 222 cm³/mol. The zero-order valence-electron chi connectivity index (χ0n) is 31.7. The van der Waals surface area contributed by atoms with Crippen LogP contribution < -0.4 is 4.40 Å². The van der Waals surface area contributed by atoms with Gasteiger partial charge in [0.1, 0.15) is 5.58 Å². The van der Waals surface area contributed by atoms with Gasteiger partial charge in [0.15, 0.2) is 0 Å². The van der Waals surface area contributed by atoms with Gasteiger partial charge >= 0.3 is 139 Å². The summed E-state index contributed by atoms with van der Waals surface area (Å²) >= 11 is -1.86. The van der Waals surface area contributed by atoms with Crippen LogP contribution in [0.2, 0.25) is 17.3 Å². The quantitative estimate of drug-likeness (QED) is 0.123. The molecular weight excluding hydrogens is 904 g/mol. The molecule has 0 saturated heterocycles. The smallest absolute Gasteiger partial charge is 0 e. The first-order valence-corrected chi connectivity index (χ1v) is 25.4. The molecule has 0 aliphatic rings. The summed E-state index contributed by atoms with van der Waals surface area (Å²) < 4.78 is 21.9. The van der Waals surface area contributed by atoms with E-state index < -0.39 is 13.3 Å². The number of nitrogens with zero attached hydrogens (tertiary/aromatic N) is 2. The molecule has 3 nitrogen and oxygen atoms in total. The molecule has 1 radical (unpaired) electrons. The first-order chi connectivity index (χ1) is 25.5. The summed E-state index contributed by atoms with van der Waals surface area (Å²) in [5, 5.41) is 2.25. The van der Waals surface area contributed by atoms with Crippen molar-refractivity contribution in [2.75, 3.05) is 0 Å². The Balaban J connectivity index is 0.000000187. The minimum Gasteiger partial charge on any atom is 0 e. The second-order valence-electron chi connectivity index (χ2n) is 15.0. The summed E-state index contributed by atoms with van der Waals surface area (Å²) in [7, 11) is 0. The normalized spacial score (nSPS) is 11.4. The van der Waals surface area contributed by atoms with Crippen molar-refractivity contribution in [3.63, 3.8) is 0 Å². The van der Waals surface area contributed by atoms with Crippen molar-refractivity contribution < 1.29 is 28.9 Å². The SMILES string of the molecule is Cc1cc(C)cc(-c2cccc3oc4c(-c5cc(C(C)C)ccn5)[c-]ccc4c23)c1.[CH3][Ge]([CH3])([CH3])[c]1ccc(-c2[c-]cc(F)c(-c3ccccc3)c2)nc1.[Ir]. The summed E-state index contributed by atoms with van der Waals surface area (Å²) in [6, 6.07) is 44.6. The van der Waals surface area contributed by atoms with E-state index in [9.17, 15) is 4.39 Å². The van der Waals surface area contributed by atoms with Crippen molar-refractivity contribution in [1.29, 1.82) is 0 Å². The molecule has 0 fully saturated rings. The van der Waals surface area contributed by atoms with Gasteiger partial charge in [0.25, 0.3) is 0 Å². The monoisotopic (exact) mass is 949 g/mol. The fraction of sp³-hybridized carbons (Fsp3) is 0.167. The van der Waals surface area contributed by atoms with Crippen LogP contribution in [0.15, 0.2) is 132 Å². The largest absolute Gasteiger partial charge is 0 e. The zero-order valence-corrected chi connectivity index (χ0v) is 36.2. The van der Waals surface area contributed by atoms with E-state index in [1.165, 1.54) is 38.3 Å². The Morgan fingerprint density at radius 3 is 2.17 bits per heavy atom. The van der Waals surface area contributed by atoms with Gasteiger partial charge in [0.05, 0.1) is 5.58 Å². The average molecular weight is 948 g/mol. The van der Waals surface area contributed by atoms with Gasteiger partial charge in [-0.15, -0.1) is 18.2 Å². The van der Waals surface area contributed by atoms with E-state index in [1.54, 1.807) is 0 Å². The average Bonchev–Trinajstić information content (AvgIpc) is 3.54. The molecule has 0 saturated carbocycles. The van der Waals surface area contributed by atoms with E-state index in [1.807, 2.05) is 67.0 Å². The Labute approximate surface area is 334 Å². The topological polar surface area (TPSA) is 38.9 Å². The van der Waals surface area contributed by atoms with Gasteiger partial charge in [-0.05, 0) is 48.7 Å². The number of fused-ring (bicyclic) bond motifs is 3. The van der Waals surface area contributed by atoms with Gasteiger partial charge in [0.2, 0.25) is 0 Å². The van der Waals surface area contributed by atoms with Gasteiger partial charge in [-0.2, -0.15) is 0 Å². The van der Waals surface area contributed by atoms with Gasteiger partial charge < -0.3 is 9.40 Å². The first-order valence-electron chi connectivity index (χ1n) is 18.1. The van der Waals surface area contributed by atoms with Gasteiger partial charge in [-0.3, -0.25) is 0 Å². The van der Waals surface area contributed by atoms with Crippen LogP contribution in [0, 0.1) is 31.8 Å². The van der Waals surface area contributed by atoms with E-state index >= 15 is 0 Å². The molecule has 8 rings (SSSR count). The third-order valence-corrected chi connectivity index (χ3v) is 13.8. The summed E-state index contributed by atoms with van der Waals surface area (Å²) in [6.45, 7) is 8.68. The Hall–Kier alpha value is -4.68. The maximum atomic E-state index is 14.1. The van der Waals surface area contributed by atoms with Crippen molar-refractivity contribution in [1.82, 2.24) is 9.97 Å². The molecule has 3 heterocycles. The number of furan rings is 1. The molecular formula is C48H43FGeIrN2O-2. The van der Waals surface area contributed by atoms with E-state index in [-0.39, 0.29) is 25.9 Å². The molecule has 0 spiro atoms. The second-order valence-corrected chi connectivity index (χ2v) is 25.7. The molecule has 0 amide bonds. The number of aryl methyl sites for hydroxylation is 2. The van der Waals surface area contributed by atoms with Crippen LogP contribution in [0.25, 0.3) is 66.7 Å². The summed E-state index contributed by atoms with van der Waals surface area (Å²) in [4.78, 5) is 9.20. The van der Waals surface area contributed by atoms with Crippen LogP contribution in [0.1, 0.15) is 36.5 Å². The minimum absolute atomic E-state index is 0. The molecule has 0 N–H and O–H groups in total. The van der Waals surface area contributed by atoms with E-state index in [2.05, 4.69) is 122 Å². The van der Waals surface area contributed by atoms with Crippen LogP contribution in [-0.2, 0) is 20.1 Å². The van der Waals surface area contributed by atoms with Crippen LogP contribution in [0.4, 0.5) is 4.39 Å². The third-order valence-electron chi connectivity index (χ3n) is 9.59. The zero-order chi connectivity index (χ0) is 37.3. The number of hydrogen-bond acceptors (Lipinski definition) is 3. The fourth-order valence-corrected chi connectivity index (χ4v) is 8.92. The van der Waals surface area contributed by atoms with Crippen LogP contribution in [0.3, 0.4) is 0 Å². The number of hydrogen-bond donors (Lipinski definition) is 0. The van der Waals surface area contributed by atoms with Crippen molar-refractivity contribution in [2.24, 2.45) is 0 Å². The van der Waals surface area contributed by atoms with Crippen molar-refractivity contribution in [2.45, 2.75) is 50.9 Å². The molecule has 0 bridgehead atoms. The molecule has 273 valence electrons. The Bertz CT molecular complexity index is 2530. The van der Waals surface area contributed by atoms with Gasteiger partial charge in [0, 0.05) is 31.7 Å².